The molecule has 0 radical (unpaired) electrons. The first-order chi connectivity index (χ1) is 15.0. The van der Waals surface area contributed by atoms with Gasteiger partial charge in [0.2, 0.25) is 5.88 Å². The van der Waals surface area contributed by atoms with Crippen molar-refractivity contribution in [2.45, 2.75) is 64.3 Å². The number of aliphatic imine (C=N–C) groups is 1. The van der Waals surface area contributed by atoms with E-state index in [0.29, 0.717) is 23.7 Å². The number of rotatable bonds is 7. The highest BCUT2D eigenvalue weighted by Gasteiger charge is 2.26. The number of aryl methyl sites for hydroxylation is 2. The van der Waals surface area contributed by atoms with E-state index in [1.54, 1.807) is 13.2 Å². The van der Waals surface area contributed by atoms with Crippen molar-refractivity contribution in [2.24, 2.45) is 4.99 Å². The molecule has 31 heavy (non-hydrogen) atoms. The monoisotopic (exact) mass is 442 g/mol. The lowest BCUT2D eigenvalue weighted by molar-refractivity contribution is 0.413. The molecule has 0 amide bonds. The Bertz CT molecular complexity index is 932. The van der Waals surface area contributed by atoms with Crippen LogP contribution in [0.15, 0.2) is 41.5 Å². The summed E-state index contributed by atoms with van der Waals surface area (Å²) in [7, 11) is 1.05. The molecule has 2 N–H and O–H groups in total. The molecule has 7 heteroatoms. The molecule has 0 spiro atoms. The Morgan fingerprint density at radius 3 is 2.81 bits per heavy atom. The van der Waals surface area contributed by atoms with E-state index in [1.807, 2.05) is 31.2 Å². The van der Waals surface area contributed by atoms with Crippen LogP contribution in [0, 0.1) is 13.8 Å². The molecule has 6 nitrogen and oxygen atoms in total. The first kappa shape index (κ1) is 23.3. The molecule has 3 atom stereocenters. The standard InChI is InChI=1S/C24H34N4O2S/c1-5-31(29)22-8-6-7-20(15-22)28-24(25-4)27-16-19-11-12-26-23(14-19)30-21-10-9-17(2)18(3)13-21/h9-14,20,22H,5-8,15-16H2,1-4H3,(H2,25,27,28). The highest BCUT2D eigenvalue weighted by atomic mass is 32.2. The normalized spacial score (nSPS) is 20.2. The second-order valence-electron chi connectivity index (χ2n) is 8.08. The van der Waals surface area contributed by atoms with Gasteiger partial charge in [-0.2, -0.15) is 0 Å². The lowest BCUT2D eigenvalue weighted by Crippen LogP contribution is -2.46. The Morgan fingerprint density at radius 2 is 2.06 bits per heavy atom. The van der Waals surface area contributed by atoms with Crippen LogP contribution in [0.3, 0.4) is 0 Å². The van der Waals surface area contributed by atoms with Gasteiger partial charge in [0.25, 0.3) is 0 Å². The third kappa shape index (κ3) is 6.79. The predicted octanol–water partition coefficient (Wildman–Crippen LogP) is 4.24. The topological polar surface area (TPSA) is 75.6 Å². The van der Waals surface area contributed by atoms with Crippen molar-refractivity contribution >= 4 is 16.8 Å². The molecule has 168 valence electrons. The van der Waals surface area contributed by atoms with E-state index in [1.165, 1.54) is 11.1 Å². The van der Waals surface area contributed by atoms with Crippen molar-refractivity contribution in [1.29, 1.82) is 0 Å². The van der Waals surface area contributed by atoms with Gasteiger partial charge in [-0.15, -0.1) is 0 Å². The molecule has 3 rings (SSSR count). The molecule has 1 aromatic heterocycles. The molecule has 1 fully saturated rings. The maximum Gasteiger partial charge on any atom is 0.219 e. The molecule has 3 unspecified atom stereocenters. The number of nitrogens with one attached hydrogen (secondary N) is 2. The van der Waals surface area contributed by atoms with Gasteiger partial charge in [-0.3, -0.25) is 9.20 Å². The highest BCUT2D eigenvalue weighted by Crippen LogP contribution is 2.24. The Labute approximate surface area is 188 Å². The zero-order valence-corrected chi connectivity index (χ0v) is 19.8. The van der Waals surface area contributed by atoms with Gasteiger partial charge in [0.05, 0.1) is 0 Å². The van der Waals surface area contributed by atoms with Gasteiger partial charge in [0.1, 0.15) is 5.75 Å². The number of hydrogen-bond donors (Lipinski definition) is 2. The van der Waals surface area contributed by atoms with Crippen LogP contribution in [0.25, 0.3) is 0 Å². The summed E-state index contributed by atoms with van der Waals surface area (Å²) >= 11 is 0. The maximum atomic E-state index is 12.2. The zero-order chi connectivity index (χ0) is 22.2. The highest BCUT2D eigenvalue weighted by molar-refractivity contribution is 7.85. The predicted molar refractivity (Wildman–Crippen MR) is 128 cm³/mol. The second kappa shape index (κ2) is 11.3. The molecule has 1 aromatic carbocycles. The van der Waals surface area contributed by atoms with Gasteiger partial charge < -0.3 is 15.4 Å². The number of guanidine groups is 1. The van der Waals surface area contributed by atoms with Crippen molar-refractivity contribution < 1.29 is 8.95 Å². The molecule has 2 aromatic rings. The number of aromatic nitrogens is 1. The first-order valence-corrected chi connectivity index (χ1v) is 12.4. The average Bonchev–Trinajstić information content (AvgIpc) is 2.79. The second-order valence-corrected chi connectivity index (χ2v) is 10.1. The molecular weight excluding hydrogens is 408 g/mol. The smallest absolute Gasteiger partial charge is 0.219 e. The fourth-order valence-corrected chi connectivity index (χ4v) is 5.19. The SMILES string of the molecule is CCS(=O)C1CCCC(NC(=NC)NCc2ccnc(Oc3ccc(C)c(C)c3)c2)C1. The molecule has 1 aliphatic rings. The molecule has 1 aliphatic carbocycles. The lowest BCUT2D eigenvalue weighted by atomic mass is 9.95. The van der Waals surface area contributed by atoms with E-state index >= 15 is 0 Å². The van der Waals surface area contributed by atoms with Gasteiger partial charge >= 0.3 is 0 Å². The number of pyridine rings is 1. The fraction of sp³-hybridized carbons (Fsp3) is 0.500. The molecule has 0 aliphatic heterocycles. The summed E-state index contributed by atoms with van der Waals surface area (Å²) in [4.78, 5) is 8.70. The third-order valence-electron chi connectivity index (χ3n) is 5.81. The van der Waals surface area contributed by atoms with Crippen molar-refractivity contribution in [1.82, 2.24) is 15.6 Å². The number of ether oxygens (including phenoxy) is 1. The van der Waals surface area contributed by atoms with Crippen LogP contribution in [0.1, 0.15) is 49.3 Å². The molecule has 0 saturated heterocycles. The van der Waals surface area contributed by atoms with Crippen molar-refractivity contribution in [3.8, 4) is 11.6 Å². The fourth-order valence-electron chi connectivity index (χ4n) is 3.84. The quantitative estimate of drug-likeness (QED) is 0.496. The van der Waals surface area contributed by atoms with Gasteiger partial charge in [-0.05, 0) is 68.0 Å². The van der Waals surface area contributed by atoms with E-state index in [9.17, 15) is 4.21 Å². The van der Waals surface area contributed by atoms with Gasteiger partial charge in [0, 0.05) is 53.7 Å². The van der Waals surface area contributed by atoms with Crippen LogP contribution < -0.4 is 15.4 Å². The van der Waals surface area contributed by atoms with Crippen molar-refractivity contribution in [3.05, 3.63) is 53.2 Å². The van der Waals surface area contributed by atoms with Crippen molar-refractivity contribution in [3.63, 3.8) is 0 Å². The van der Waals surface area contributed by atoms with Crippen LogP contribution in [0.4, 0.5) is 0 Å². The average molecular weight is 443 g/mol. The minimum absolute atomic E-state index is 0.291. The Kier molecular flexibility index (Phi) is 8.46. The van der Waals surface area contributed by atoms with E-state index < -0.39 is 10.8 Å². The molecular formula is C24H34N4O2S. The Balaban J connectivity index is 1.55. The van der Waals surface area contributed by atoms with E-state index in [4.69, 9.17) is 4.74 Å². The summed E-state index contributed by atoms with van der Waals surface area (Å²) in [6.45, 7) is 6.77. The summed E-state index contributed by atoms with van der Waals surface area (Å²) in [5, 5.41) is 7.18. The van der Waals surface area contributed by atoms with Gasteiger partial charge in [-0.25, -0.2) is 4.98 Å². The largest absolute Gasteiger partial charge is 0.439 e. The van der Waals surface area contributed by atoms with Crippen LogP contribution >= 0.6 is 0 Å². The van der Waals surface area contributed by atoms with Crippen LogP contribution in [0.2, 0.25) is 0 Å². The summed E-state index contributed by atoms with van der Waals surface area (Å²) in [6, 6.07) is 10.3. The Morgan fingerprint density at radius 1 is 1.23 bits per heavy atom. The number of benzene rings is 1. The lowest BCUT2D eigenvalue weighted by Gasteiger charge is -2.30. The zero-order valence-electron chi connectivity index (χ0n) is 19.0. The summed E-state index contributed by atoms with van der Waals surface area (Å²) in [6.07, 6.45) is 5.95. The molecule has 1 saturated carbocycles. The minimum atomic E-state index is -0.728. The number of hydrogen-bond acceptors (Lipinski definition) is 4. The summed E-state index contributed by atoms with van der Waals surface area (Å²) in [5.74, 6) is 2.86. The number of nitrogens with zero attached hydrogens (tertiary/aromatic N) is 2. The summed E-state index contributed by atoms with van der Waals surface area (Å²) < 4.78 is 18.1. The van der Waals surface area contributed by atoms with Crippen LogP contribution in [-0.2, 0) is 17.3 Å². The molecule has 0 bridgehead atoms. The summed E-state index contributed by atoms with van der Waals surface area (Å²) in [5.41, 5.74) is 3.49. The minimum Gasteiger partial charge on any atom is -0.439 e. The third-order valence-corrected chi connectivity index (χ3v) is 7.55. The van der Waals surface area contributed by atoms with E-state index in [-0.39, 0.29) is 0 Å². The van der Waals surface area contributed by atoms with E-state index in [0.717, 1.165) is 48.7 Å². The maximum absolute atomic E-state index is 12.2. The molecule has 1 heterocycles. The van der Waals surface area contributed by atoms with Crippen LogP contribution in [-0.4, -0.2) is 39.2 Å². The van der Waals surface area contributed by atoms with Gasteiger partial charge in [-0.1, -0.05) is 19.4 Å². The Hall–Kier alpha value is -2.41. The first-order valence-electron chi connectivity index (χ1n) is 11.0. The van der Waals surface area contributed by atoms with E-state index in [2.05, 4.69) is 40.5 Å². The van der Waals surface area contributed by atoms with Crippen molar-refractivity contribution in [2.75, 3.05) is 12.8 Å². The van der Waals surface area contributed by atoms with Crippen LogP contribution in [0.5, 0.6) is 11.6 Å². The van der Waals surface area contributed by atoms with Gasteiger partial charge in [0.15, 0.2) is 5.96 Å².